The second kappa shape index (κ2) is 10.9. The van der Waals surface area contributed by atoms with Crippen LogP contribution in [0.25, 0.3) is 5.69 Å². The van der Waals surface area contributed by atoms with Gasteiger partial charge in [0.1, 0.15) is 5.82 Å². The molecular formula is C27H31ClN4O2. The van der Waals surface area contributed by atoms with E-state index >= 15 is 0 Å². The van der Waals surface area contributed by atoms with Crippen molar-refractivity contribution in [1.29, 1.82) is 0 Å². The first kappa shape index (κ1) is 24.0. The number of rotatable bonds is 7. The van der Waals surface area contributed by atoms with Gasteiger partial charge < -0.3 is 10.2 Å². The van der Waals surface area contributed by atoms with Gasteiger partial charge in [0.05, 0.1) is 5.69 Å². The minimum Gasteiger partial charge on any atom is -0.355 e. The van der Waals surface area contributed by atoms with Gasteiger partial charge in [0.15, 0.2) is 0 Å². The molecule has 0 aliphatic carbocycles. The molecule has 1 fully saturated rings. The van der Waals surface area contributed by atoms with E-state index in [-0.39, 0.29) is 23.4 Å². The van der Waals surface area contributed by atoms with Crippen molar-refractivity contribution < 1.29 is 4.79 Å². The maximum atomic E-state index is 12.8. The number of hydrogen-bond acceptors (Lipinski definition) is 4. The second-order valence-electron chi connectivity index (χ2n) is 9.07. The lowest BCUT2D eigenvalue weighted by Crippen LogP contribution is -2.43. The fraction of sp³-hybridized carbons (Fsp3) is 0.370. The highest BCUT2D eigenvalue weighted by Crippen LogP contribution is 2.23. The molecule has 2 aromatic carbocycles. The Morgan fingerprint density at radius 2 is 1.85 bits per heavy atom. The van der Waals surface area contributed by atoms with Gasteiger partial charge in [-0.2, -0.15) is 4.68 Å². The molecule has 1 aromatic heterocycles. The topological polar surface area (TPSA) is 67.2 Å². The predicted octanol–water partition coefficient (Wildman–Crippen LogP) is 4.55. The van der Waals surface area contributed by atoms with Crippen LogP contribution in [0, 0.1) is 12.8 Å². The van der Waals surface area contributed by atoms with Gasteiger partial charge in [-0.05, 0) is 68.9 Å². The molecule has 178 valence electrons. The Bertz CT molecular complexity index is 1190. The maximum Gasteiger partial charge on any atom is 0.271 e. The molecule has 1 amide bonds. The highest BCUT2D eigenvalue weighted by molar-refractivity contribution is 6.31. The number of anilines is 1. The molecular weight excluding hydrogens is 448 g/mol. The lowest BCUT2D eigenvalue weighted by atomic mass is 9.95. The minimum absolute atomic E-state index is 0.00256. The number of amides is 1. The van der Waals surface area contributed by atoms with Crippen LogP contribution in [0.2, 0.25) is 5.02 Å². The summed E-state index contributed by atoms with van der Waals surface area (Å²) >= 11 is 6.25. The summed E-state index contributed by atoms with van der Waals surface area (Å²) in [7, 11) is 0. The molecule has 1 atom stereocenters. The summed E-state index contributed by atoms with van der Waals surface area (Å²) in [5, 5.41) is 8.37. The first-order chi connectivity index (χ1) is 16.4. The summed E-state index contributed by atoms with van der Waals surface area (Å²) in [4.78, 5) is 27.4. The lowest BCUT2D eigenvalue weighted by molar-refractivity contribution is -0.126. The third-order valence-electron chi connectivity index (χ3n) is 6.47. The van der Waals surface area contributed by atoms with Crippen LogP contribution in [0.3, 0.4) is 0 Å². The van der Waals surface area contributed by atoms with E-state index in [9.17, 15) is 9.59 Å². The number of carbonyl (C=O) groups excluding carboxylic acids is 1. The van der Waals surface area contributed by atoms with Gasteiger partial charge in [0.25, 0.3) is 5.56 Å². The molecule has 34 heavy (non-hydrogen) atoms. The average Bonchev–Trinajstić information content (AvgIpc) is 2.85. The molecule has 0 bridgehead atoms. The van der Waals surface area contributed by atoms with Crippen LogP contribution in [-0.2, 0) is 11.2 Å². The maximum absolute atomic E-state index is 12.8. The molecule has 1 aliphatic rings. The van der Waals surface area contributed by atoms with Gasteiger partial charge >= 0.3 is 0 Å². The van der Waals surface area contributed by atoms with Crippen molar-refractivity contribution in [3.63, 3.8) is 0 Å². The zero-order valence-corrected chi connectivity index (χ0v) is 20.5. The van der Waals surface area contributed by atoms with Crippen LogP contribution in [0.15, 0.2) is 65.5 Å². The van der Waals surface area contributed by atoms with E-state index < -0.39 is 0 Å². The summed E-state index contributed by atoms with van der Waals surface area (Å²) in [6.07, 6.45) is 3.39. The molecule has 0 spiro atoms. The van der Waals surface area contributed by atoms with Crippen LogP contribution in [-0.4, -0.2) is 34.8 Å². The van der Waals surface area contributed by atoms with E-state index in [1.165, 1.54) is 16.3 Å². The van der Waals surface area contributed by atoms with Crippen LogP contribution in [0.1, 0.15) is 37.3 Å². The number of aryl methyl sites for hydroxylation is 2. The van der Waals surface area contributed by atoms with Crippen LogP contribution >= 0.6 is 11.6 Å². The predicted molar refractivity (Wildman–Crippen MR) is 137 cm³/mol. The van der Waals surface area contributed by atoms with Crippen molar-refractivity contribution in [2.24, 2.45) is 5.92 Å². The van der Waals surface area contributed by atoms with E-state index in [4.69, 9.17) is 11.6 Å². The quantitative estimate of drug-likeness (QED) is 0.541. The van der Waals surface area contributed by atoms with Gasteiger partial charge in [-0.15, -0.1) is 5.10 Å². The third-order valence-corrected chi connectivity index (χ3v) is 6.88. The van der Waals surface area contributed by atoms with Crippen molar-refractivity contribution in [2.75, 3.05) is 18.0 Å². The van der Waals surface area contributed by atoms with Gasteiger partial charge in [-0.1, -0.05) is 48.0 Å². The van der Waals surface area contributed by atoms with Crippen LogP contribution in [0.5, 0.6) is 0 Å². The number of nitrogens with zero attached hydrogens (tertiary/aromatic N) is 3. The smallest absolute Gasteiger partial charge is 0.271 e. The molecule has 0 radical (unpaired) electrons. The Labute approximate surface area is 205 Å². The number of aromatic nitrogens is 2. The summed E-state index contributed by atoms with van der Waals surface area (Å²) in [5.74, 6) is 0.857. The van der Waals surface area contributed by atoms with E-state index in [0.717, 1.165) is 50.2 Å². The van der Waals surface area contributed by atoms with E-state index in [1.54, 1.807) is 12.1 Å². The summed E-state index contributed by atoms with van der Waals surface area (Å²) in [5.41, 5.74) is 2.67. The molecule has 6 nitrogen and oxygen atoms in total. The zero-order chi connectivity index (χ0) is 24.1. The first-order valence-electron chi connectivity index (χ1n) is 11.9. The fourth-order valence-electron chi connectivity index (χ4n) is 4.30. The molecule has 1 aliphatic heterocycles. The van der Waals surface area contributed by atoms with Crippen molar-refractivity contribution >= 4 is 23.3 Å². The highest BCUT2D eigenvalue weighted by atomic mass is 35.5. The second-order valence-corrected chi connectivity index (χ2v) is 9.48. The summed E-state index contributed by atoms with van der Waals surface area (Å²) in [6, 6.07) is 19.2. The van der Waals surface area contributed by atoms with E-state index in [1.807, 2.05) is 37.3 Å². The number of nitrogens with one attached hydrogen (secondary N) is 1. The van der Waals surface area contributed by atoms with Gasteiger partial charge in [-0.3, -0.25) is 9.59 Å². The Morgan fingerprint density at radius 3 is 2.56 bits per heavy atom. The molecule has 0 unspecified atom stereocenters. The lowest BCUT2D eigenvalue weighted by Gasteiger charge is -2.32. The van der Waals surface area contributed by atoms with Gasteiger partial charge in [0.2, 0.25) is 5.91 Å². The molecule has 3 aromatic rings. The number of carbonyl (C=O) groups is 1. The monoisotopic (exact) mass is 478 g/mol. The highest BCUT2D eigenvalue weighted by Gasteiger charge is 2.26. The molecule has 1 N–H and O–H groups in total. The van der Waals surface area contributed by atoms with Gasteiger partial charge in [-0.25, -0.2) is 0 Å². The largest absolute Gasteiger partial charge is 0.355 e. The molecule has 1 saturated heterocycles. The van der Waals surface area contributed by atoms with Crippen LogP contribution in [0.4, 0.5) is 5.82 Å². The number of piperidine rings is 1. The van der Waals surface area contributed by atoms with Crippen molar-refractivity contribution in [3.8, 4) is 5.69 Å². The fourth-order valence-corrected chi connectivity index (χ4v) is 4.47. The van der Waals surface area contributed by atoms with Crippen molar-refractivity contribution in [3.05, 3.63) is 87.2 Å². The molecule has 4 rings (SSSR count). The Hall–Kier alpha value is -3.12. The van der Waals surface area contributed by atoms with Crippen molar-refractivity contribution in [2.45, 2.75) is 45.6 Å². The summed E-state index contributed by atoms with van der Waals surface area (Å²) < 4.78 is 1.38. The molecule has 7 heteroatoms. The van der Waals surface area contributed by atoms with E-state index in [0.29, 0.717) is 10.7 Å². The standard InChI is InChI=1S/C27H31ClN4O2/c1-19-8-11-23(18-24(19)28)32-26(33)13-12-25(30-32)31-16-14-22(15-17-31)27(34)29-20(2)9-10-21-6-4-3-5-7-21/h3-8,11-13,18,20,22H,9-10,14-17H2,1-2H3,(H,29,34)/t20-/m1/s1. The van der Waals surface area contributed by atoms with E-state index in [2.05, 4.69) is 34.4 Å². The summed E-state index contributed by atoms with van der Waals surface area (Å²) in [6.45, 7) is 5.43. The molecule has 0 saturated carbocycles. The Morgan fingerprint density at radius 1 is 1.12 bits per heavy atom. The number of halogens is 1. The van der Waals surface area contributed by atoms with Gasteiger partial charge in [0, 0.05) is 36.1 Å². The van der Waals surface area contributed by atoms with Crippen LogP contribution < -0.4 is 15.8 Å². The Balaban J connectivity index is 1.33. The number of hydrogen-bond donors (Lipinski definition) is 1. The minimum atomic E-state index is -0.206. The third kappa shape index (κ3) is 5.86. The normalized spacial score (nSPS) is 15.2. The number of benzene rings is 2. The Kier molecular flexibility index (Phi) is 7.68. The average molecular weight is 479 g/mol. The van der Waals surface area contributed by atoms with Crippen molar-refractivity contribution in [1.82, 2.24) is 15.1 Å². The first-order valence-corrected chi connectivity index (χ1v) is 12.2. The zero-order valence-electron chi connectivity index (χ0n) is 19.7. The molecule has 2 heterocycles. The SMILES string of the molecule is Cc1ccc(-n2nc(N3CCC(C(=O)N[C@H](C)CCc4ccccc4)CC3)ccc2=O)cc1Cl.